The fraction of sp³-hybridized carbons (Fsp3) is 0.385. The van der Waals surface area contributed by atoms with Crippen molar-refractivity contribution < 1.29 is 27.8 Å². The van der Waals surface area contributed by atoms with Gasteiger partial charge in [-0.1, -0.05) is 6.07 Å². The zero-order valence-electron chi connectivity index (χ0n) is 10.8. The van der Waals surface area contributed by atoms with Crippen molar-refractivity contribution in [3.63, 3.8) is 0 Å². The summed E-state index contributed by atoms with van der Waals surface area (Å²) in [5, 5.41) is 9.61. The van der Waals surface area contributed by atoms with Crippen molar-refractivity contribution in [3.8, 4) is 5.75 Å². The van der Waals surface area contributed by atoms with Gasteiger partial charge in [0.05, 0.1) is 5.56 Å². The van der Waals surface area contributed by atoms with Crippen LogP contribution in [0.4, 0.5) is 13.2 Å². The fourth-order valence-corrected chi connectivity index (χ4v) is 1.42. The van der Waals surface area contributed by atoms with Crippen molar-refractivity contribution in [2.24, 2.45) is 0 Å². The van der Waals surface area contributed by atoms with Gasteiger partial charge in [0.1, 0.15) is 16.9 Å². The number of hydrogen-bond acceptors (Lipinski definition) is 3. The molecule has 3 nitrogen and oxygen atoms in total. The van der Waals surface area contributed by atoms with Gasteiger partial charge in [-0.15, -0.1) is 0 Å². The van der Waals surface area contributed by atoms with E-state index in [0.717, 1.165) is 6.07 Å². The van der Waals surface area contributed by atoms with Crippen LogP contribution in [0.15, 0.2) is 12.1 Å². The Morgan fingerprint density at radius 2 is 1.79 bits per heavy atom. The lowest BCUT2D eigenvalue weighted by Gasteiger charge is -2.21. The van der Waals surface area contributed by atoms with E-state index in [9.17, 15) is 23.1 Å². The molecule has 0 unspecified atom stereocenters. The highest BCUT2D eigenvalue weighted by molar-refractivity contribution is 5.95. The van der Waals surface area contributed by atoms with Crippen LogP contribution in [-0.4, -0.2) is 16.7 Å². The maximum absolute atomic E-state index is 12.6. The Morgan fingerprint density at radius 3 is 2.21 bits per heavy atom. The number of phenolic OH excluding ortho intramolecular Hbond substituents is 1. The maximum Gasteiger partial charge on any atom is 0.419 e. The molecule has 0 saturated heterocycles. The van der Waals surface area contributed by atoms with E-state index in [4.69, 9.17) is 4.74 Å². The third-order valence-corrected chi connectivity index (χ3v) is 2.17. The van der Waals surface area contributed by atoms with Crippen molar-refractivity contribution in [1.29, 1.82) is 0 Å². The molecule has 1 aromatic rings. The second kappa shape index (κ2) is 4.75. The number of aromatic hydroxyl groups is 1. The molecular weight excluding hydrogens is 261 g/mol. The van der Waals surface area contributed by atoms with Gasteiger partial charge in [-0.05, 0) is 39.3 Å². The van der Waals surface area contributed by atoms with Crippen molar-refractivity contribution in [1.82, 2.24) is 0 Å². The van der Waals surface area contributed by atoms with E-state index in [-0.39, 0.29) is 5.56 Å². The number of alkyl halides is 3. The standard InChI is InChI=1S/C13H14F3O3/c1-7-5-6-8(13(14,15)16)10(17)9(7)11(18)19-12(2,3)4/h5-6,17H,1H2,2-4H3. The Hall–Kier alpha value is -1.72. The topological polar surface area (TPSA) is 46.5 Å². The molecule has 1 radical (unpaired) electrons. The Balaban J connectivity index is 3.32. The van der Waals surface area contributed by atoms with Gasteiger partial charge in [0.15, 0.2) is 0 Å². The first-order chi connectivity index (χ1) is 8.43. The van der Waals surface area contributed by atoms with Gasteiger partial charge in [0, 0.05) is 0 Å². The van der Waals surface area contributed by atoms with Crippen LogP contribution in [0.25, 0.3) is 0 Å². The lowest BCUT2D eigenvalue weighted by atomic mass is 10.0. The summed E-state index contributed by atoms with van der Waals surface area (Å²) in [5.74, 6) is -2.20. The van der Waals surface area contributed by atoms with Gasteiger partial charge < -0.3 is 9.84 Å². The van der Waals surface area contributed by atoms with Crippen LogP contribution >= 0.6 is 0 Å². The normalized spacial score (nSPS) is 12.4. The number of carbonyl (C=O) groups is 1. The summed E-state index contributed by atoms with van der Waals surface area (Å²) in [5.41, 5.74) is -2.77. The lowest BCUT2D eigenvalue weighted by Crippen LogP contribution is -2.24. The molecule has 0 aromatic heterocycles. The average Bonchev–Trinajstić information content (AvgIpc) is 2.11. The molecule has 6 heteroatoms. The Labute approximate surface area is 109 Å². The molecule has 0 aliphatic carbocycles. The molecule has 105 valence electrons. The number of carbonyl (C=O) groups excluding carboxylic acids is 1. The van der Waals surface area contributed by atoms with Crippen LogP contribution in [0.1, 0.15) is 42.3 Å². The van der Waals surface area contributed by atoms with E-state index >= 15 is 0 Å². The number of esters is 1. The molecule has 0 bridgehead atoms. The zero-order valence-corrected chi connectivity index (χ0v) is 10.8. The molecule has 0 aliphatic heterocycles. The van der Waals surface area contributed by atoms with Gasteiger partial charge in [-0.25, -0.2) is 4.79 Å². The molecule has 0 spiro atoms. The van der Waals surface area contributed by atoms with Crippen molar-refractivity contribution in [2.75, 3.05) is 0 Å². The number of rotatable bonds is 1. The first-order valence-corrected chi connectivity index (χ1v) is 5.42. The van der Waals surface area contributed by atoms with E-state index in [2.05, 4.69) is 6.92 Å². The number of benzene rings is 1. The third kappa shape index (κ3) is 3.62. The molecule has 1 rings (SSSR count). The smallest absolute Gasteiger partial charge is 0.419 e. The van der Waals surface area contributed by atoms with E-state index in [1.54, 1.807) is 20.8 Å². The highest BCUT2D eigenvalue weighted by atomic mass is 19.4. The van der Waals surface area contributed by atoms with Crippen LogP contribution in [0.5, 0.6) is 5.75 Å². The van der Waals surface area contributed by atoms with Gasteiger partial charge in [0.25, 0.3) is 0 Å². The second-order valence-electron chi connectivity index (χ2n) is 5.00. The summed E-state index contributed by atoms with van der Waals surface area (Å²) in [6.45, 7) is 8.13. The predicted molar refractivity (Wildman–Crippen MR) is 62.7 cm³/mol. The van der Waals surface area contributed by atoms with Crippen molar-refractivity contribution in [2.45, 2.75) is 32.5 Å². The minimum atomic E-state index is -4.76. The van der Waals surface area contributed by atoms with Gasteiger partial charge >= 0.3 is 12.1 Å². The van der Waals surface area contributed by atoms with Gasteiger partial charge in [-0.3, -0.25) is 0 Å². The zero-order chi connectivity index (χ0) is 15.0. The van der Waals surface area contributed by atoms with Crippen molar-refractivity contribution in [3.05, 3.63) is 35.7 Å². The number of hydrogen-bond donors (Lipinski definition) is 1. The summed E-state index contributed by atoms with van der Waals surface area (Å²) in [6.07, 6.45) is -4.76. The van der Waals surface area contributed by atoms with E-state index in [1.807, 2.05) is 0 Å². The Kier molecular flexibility index (Phi) is 3.84. The molecule has 0 saturated carbocycles. The monoisotopic (exact) mass is 275 g/mol. The molecule has 0 fully saturated rings. The first kappa shape index (κ1) is 15.3. The summed E-state index contributed by atoms with van der Waals surface area (Å²) < 4.78 is 42.8. The molecule has 0 atom stereocenters. The van der Waals surface area contributed by atoms with Crippen LogP contribution < -0.4 is 0 Å². The minimum absolute atomic E-state index is 0.0280. The SMILES string of the molecule is [CH2]c1ccc(C(F)(F)F)c(O)c1C(=O)OC(C)(C)C. The molecule has 1 N–H and O–H groups in total. The summed E-state index contributed by atoms with van der Waals surface area (Å²) in [6, 6.07) is 1.69. The number of halogens is 3. The van der Waals surface area contributed by atoms with Crippen molar-refractivity contribution >= 4 is 5.97 Å². The summed E-state index contributed by atoms with van der Waals surface area (Å²) in [7, 11) is 0. The van der Waals surface area contributed by atoms with Crippen LogP contribution in [-0.2, 0) is 10.9 Å². The van der Waals surface area contributed by atoms with Crippen LogP contribution in [0.3, 0.4) is 0 Å². The first-order valence-electron chi connectivity index (χ1n) is 5.42. The van der Waals surface area contributed by atoms with E-state index in [0.29, 0.717) is 6.07 Å². The number of ether oxygens (including phenoxy) is 1. The fourth-order valence-electron chi connectivity index (χ4n) is 1.42. The van der Waals surface area contributed by atoms with Crippen LogP contribution in [0.2, 0.25) is 0 Å². The summed E-state index contributed by atoms with van der Waals surface area (Å²) in [4.78, 5) is 11.8. The maximum atomic E-state index is 12.6. The van der Waals surface area contributed by atoms with Gasteiger partial charge in [-0.2, -0.15) is 13.2 Å². The van der Waals surface area contributed by atoms with E-state index in [1.165, 1.54) is 0 Å². The number of phenols is 1. The quantitative estimate of drug-likeness (QED) is 0.797. The highest BCUT2D eigenvalue weighted by Crippen LogP contribution is 2.39. The predicted octanol–water partition coefficient (Wildman–Crippen LogP) is 3.55. The highest BCUT2D eigenvalue weighted by Gasteiger charge is 2.36. The van der Waals surface area contributed by atoms with Gasteiger partial charge in [0.2, 0.25) is 0 Å². The Bertz CT molecular complexity index is 499. The third-order valence-electron chi connectivity index (χ3n) is 2.17. The average molecular weight is 275 g/mol. The summed E-state index contributed by atoms with van der Waals surface area (Å²) >= 11 is 0. The molecule has 0 amide bonds. The molecule has 19 heavy (non-hydrogen) atoms. The molecule has 0 heterocycles. The minimum Gasteiger partial charge on any atom is -0.506 e. The molecule has 1 aromatic carbocycles. The molecular formula is C13H14F3O3. The second-order valence-corrected chi connectivity index (χ2v) is 5.00. The largest absolute Gasteiger partial charge is 0.506 e. The Morgan fingerprint density at radius 1 is 1.26 bits per heavy atom. The lowest BCUT2D eigenvalue weighted by molar-refractivity contribution is -0.138. The van der Waals surface area contributed by atoms with Crippen LogP contribution in [0, 0.1) is 6.92 Å². The van der Waals surface area contributed by atoms with E-state index < -0.39 is 34.6 Å². The molecule has 0 aliphatic rings.